The lowest BCUT2D eigenvalue weighted by Crippen LogP contribution is -2.42. The topological polar surface area (TPSA) is 145 Å². The van der Waals surface area contributed by atoms with E-state index >= 15 is 0 Å². The van der Waals surface area contributed by atoms with Crippen molar-refractivity contribution in [2.75, 3.05) is 20.3 Å². The Labute approximate surface area is 202 Å². The Morgan fingerprint density at radius 2 is 1.51 bits per heavy atom. The van der Waals surface area contributed by atoms with E-state index in [0.717, 1.165) is 18.7 Å². The van der Waals surface area contributed by atoms with E-state index in [2.05, 4.69) is 43.1 Å². The quantitative estimate of drug-likeness (QED) is 0.416. The highest BCUT2D eigenvalue weighted by molar-refractivity contribution is 5.88. The molecule has 0 aliphatic carbocycles. The van der Waals surface area contributed by atoms with E-state index in [1.807, 2.05) is 12.1 Å². The summed E-state index contributed by atoms with van der Waals surface area (Å²) >= 11 is 0. The van der Waals surface area contributed by atoms with Crippen LogP contribution in [-0.4, -0.2) is 75.1 Å². The first-order valence-electron chi connectivity index (χ1n) is 10.9. The second-order valence-electron chi connectivity index (χ2n) is 8.64. The number of rotatable bonds is 9. The molecule has 2 atom stereocenters. The lowest BCUT2D eigenvalue weighted by atomic mass is 9.93. The van der Waals surface area contributed by atoms with E-state index in [-0.39, 0.29) is 5.82 Å². The molecule has 0 saturated carbocycles. The van der Waals surface area contributed by atoms with Crippen LogP contribution in [0.4, 0.5) is 4.39 Å². The van der Waals surface area contributed by atoms with Gasteiger partial charge in [-0.2, -0.15) is 0 Å². The van der Waals surface area contributed by atoms with Crippen LogP contribution in [0.25, 0.3) is 0 Å². The third-order valence-electron chi connectivity index (χ3n) is 5.75. The van der Waals surface area contributed by atoms with Crippen LogP contribution >= 0.6 is 0 Å². The van der Waals surface area contributed by atoms with E-state index in [1.54, 1.807) is 0 Å². The average Bonchev–Trinajstić information content (AvgIpc) is 3.25. The number of carboxylic acids is 3. The summed E-state index contributed by atoms with van der Waals surface area (Å²) in [6.07, 6.45) is -2.29. The van der Waals surface area contributed by atoms with Crippen LogP contribution in [0.1, 0.15) is 35.4 Å². The number of aryl methyl sites for hydroxylation is 1. The van der Waals surface area contributed by atoms with Gasteiger partial charge in [0, 0.05) is 18.5 Å². The van der Waals surface area contributed by atoms with Gasteiger partial charge in [0.1, 0.15) is 5.82 Å². The van der Waals surface area contributed by atoms with Crippen molar-refractivity contribution in [3.63, 3.8) is 0 Å². The molecule has 35 heavy (non-hydrogen) atoms. The van der Waals surface area contributed by atoms with Crippen LogP contribution in [0.5, 0.6) is 0 Å². The zero-order valence-electron chi connectivity index (χ0n) is 19.6. The molecule has 2 aromatic rings. The Bertz CT molecular complexity index is 993. The summed E-state index contributed by atoms with van der Waals surface area (Å²) in [4.78, 5) is 32.8. The van der Waals surface area contributed by atoms with Gasteiger partial charge >= 0.3 is 17.9 Å². The number of aliphatic carboxylic acids is 3. The molecular weight excluding hydrogens is 461 g/mol. The van der Waals surface area contributed by atoms with Crippen molar-refractivity contribution in [1.29, 1.82) is 0 Å². The number of halogens is 1. The van der Waals surface area contributed by atoms with E-state index in [0.29, 0.717) is 18.6 Å². The molecule has 0 amide bonds. The lowest BCUT2D eigenvalue weighted by molar-refractivity contribution is -0.170. The average molecular weight is 492 g/mol. The second-order valence-corrected chi connectivity index (χ2v) is 8.64. The number of likely N-dealkylation sites (N-methyl/N-ethyl adjacent to an activating group) is 1. The van der Waals surface area contributed by atoms with Crippen LogP contribution < -0.4 is 0 Å². The maximum atomic E-state index is 13.1. The molecule has 0 radical (unpaired) electrons. The van der Waals surface area contributed by atoms with Gasteiger partial charge < -0.3 is 25.2 Å². The number of hydrogen-bond acceptors (Lipinski definition) is 6. The first-order chi connectivity index (χ1) is 16.4. The number of ether oxygens (including phenoxy) is 1. The smallest absolute Gasteiger partial charge is 0.336 e. The predicted octanol–water partition coefficient (Wildman–Crippen LogP) is 2.50. The Hall–Kier alpha value is -3.34. The summed E-state index contributed by atoms with van der Waals surface area (Å²) in [5.74, 6) is -4.90. The number of benzene rings is 2. The van der Waals surface area contributed by atoms with Crippen LogP contribution in [0.3, 0.4) is 0 Å². The third kappa shape index (κ3) is 8.43. The highest BCUT2D eigenvalue weighted by Gasteiger charge is 2.40. The van der Waals surface area contributed by atoms with Crippen LogP contribution in [0.15, 0.2) is 48.5 Å². The van der Waals surface area contributed by atoms with Gasteiger partial charge in [-0.05, 0) is 37.2 Å². The molecule has 1 saturated heterocycles. The third-order valence-corrected chi connectivity index (χ3v) is 5.75. The van der Waals surface area contributed by atoms with E-state index in [4.69, 9.17) is 25.2 Å². The standard InChI is InChI=1S/C19H22FNO.C6H8O7/c1-14-3-5-15(6-4-14)11-21(2)19-13-22-12-18(19)16-7-9-17(20)10-8-16;7-3(8)1-6(13,5(11)12)2-4(9)10/h3-10,18-19H,11-13H2,1-2H3;13H,1-2H2,(H,7,8)(H,9,10)(H,11,12)/t18-,19+;/m0./s1. The summed E-state index contributed by atoms with van der Waals surface area (Å²) in [5, 5.41) is 33.8. The van der Waals surface area contributed by atoms with Crippen molar-refractivity contribution in [1.82, 2.24) is 4.90 Å². The summed E-state index contributed by atoms with van der Waals surface area (Å²) in [5.41, 5.74) is 0.995. The molecule has 9 nitrogen and oxygen atoms in total. The Morgan fingerprint density at radius 3 is 2.00 bits per heavy atom. The predicted molar refractivity (Wildman–Crippen MR) is 123 cm³/mol. The molecule has 1 fully saturated rings. The first kappa shape index (κ1) is 27.9. The van der Waals surface area contributed by atoms with E-state index in [1.165, 1.54) is 23.3 Å². The van der Waals surface area contributed by atoms with Gasteiger partial charge in [0.15, 0.2) is 5.60 Å². The number of carbonyl (C=O) groups is 3. The molecule has 0 unspecified atom stereocenters. The summed E-state index contributed by atoms with van der Waals surface area (Å²) in [6, 6.07) is 15.8. The number of carboxylic acid groups (broad SMARTS) is 3. The molecule has 2 aromatic carbocycles. The number of aliphatic hydroxyl groups is 1. The molecule has 1 heterocycles. The molecule has 190 valence electrons. The summed E-state index contributed by atoms with van der Waals surface area (Å²) < 4.78 is 18.8. The minimum Gasteiger partial charge on any atom is -0.481 e. The van der Waals surface area contributed by atoms with Gasteiger partial charge in [0.2, 0.25) is 0 Å². The second kappa shape index (κ2) is 12.4. The van der Waals surface area contributed by atoms with Gasteiger partial charge in [-0.15, -0.1) is 0 Å². The molecule has 0 spiro atoms. The Kier molecular flexibility index (Phi) is 9.88. The maximum Gasteiger partial charge on any atom is 0.336 e. The fraction of sp³-hybridized carbons (Fsp3) is 0.400. The fourth-order valence-corrected chi connectivity index (χ4v) is 3.82. The molecule has 1 aliphatic heterocycles. The van der Waals surface area contributed by atoms with Crippen molar-refractivity contribution in [2.45, 2.75) is 43.9 Å². The van der Waals surface area contributed by atoms with E-state index < -0.39 is 36.4 Å². The first-order valence-corrected chi connectivity index (χ1v) is 10.9. The molecule has 0 aromatic heterocycles. The fourth-order valence-electron chi connectivity index (χ4n) is 3.82. The molecular formula is C25H30FNO8. The monoisotopic (exact) mass is 491 g/mol. The van der Waals surface area contributed by atoms with Gasteiger partial charge in [-0.1, -0.05) is 42.0 Å². The van der Waals surface area contributed by atoms with Crippen molar-refractivity contribution in [3.05, 3.63) is 71.0 Å². The van der Waals surface area contributed by atoms with Crippen molar-refractivity contribution < 1.29 is 43.9 Å². The highest BCUT2D eigenvalue weighted by Crippen LogP contribution is 2.30. The van der Waals surface area contributed by atoms with E-state index in [9.17, 15) is 18.8 Å². The van der Waals surface area contributed by atoms with Crippen molar-refractivity contribution >= 4 is 17.9 Å². The minimum absolute atomic E-state index is 0.188. The van der Waals surface area contributed by atoms with Crippen LogP contribution in [0.2, 0.25) is 0 Å². The molecule has 1 aliphatic rings. The summed E-state index contributed by atoms with van der Waals surface area (Å²) in [7, 11) is 2.13. The van der Waals surface area contributed by atoms with Crippen molar-refractivity contribution in [3.8, 4) is 0 Å². The molecule has 10 heteroatoms. The van der Waals surface area contributed by atoms with Crippen molar-refractivity contribution in [2.24, 2.45) is 0 Å². The highest BCUT2D eigenvalue weighted by atomic mass is 19.1. The Balaban J connectivity index is 0.000000287. The largest absolute Gasteiger partial charge is 0.481 e. The lowest BCUT2D eigenvalue weighted by Gasteiger charge is -2.28. The normalized spacial score (nSPS) is 17.5. The Morgan fingerprint density at radius 1 is 0.971 bits per heavy atom. The zero-order valence-corrected chi connectivity index (χ0v) is 19.6. The maximum absolute atomic E-state index is 13.1. The van der Waals surface area contributed by atoms with Gasteiger partial charge in [0.25, 0.3) is 0 Å². The van der Waals surface area contributed by atoms with Crippen LogP contribution in [-0.2, 0) is 25.7 Å². The molecule has 0 bridgehead atoms. The SMILES string of the molecule is Cc1ccc(CN(C)[C@@H]2COC[C@H]2c2ccc(F)cc2)cc1.O=C(O)CC(O)(CC(=O)O)C(=O)O. The zero-order chi connectivity index (χ0) is 26.2. The summed E-state index contributed by atoms with van der Waals surface area (Å²) in [6.45, 7) is 4.42. The minimum atomic E-state index is -2.74. The van der Waals surface area contributed by atoms with Crippen LogP contribution in [0, 0.1) is 12.7 Å². The van der Waals surface area contributed by atoms with Gasteiger partial charge in [-0.25, -0.2) is 9.18 Å². The van der Waals surface area contributed by atoms with Gasteiger partial charge in [-0.3, -0.25) is 14.5 Å². The number of nitrogens with zero attached hydrogens (tertiary/aromatic N) is 1. The molecule has 4 N–H and O–H groups in total. The van der Waals surface area contributed by atoms with Gasteiger partial charge in [0.05, 0.1) is 26.1 Å². The number of hydrogen-bond donors (Lipinski definition) is 4. The molecule has 3 rings (SSSR count).